The maximum Gasteiger partial charge on any atom is 0.274 e. The number of nitrogens with zero attached hydrogens (tertiary/aromatic N) is 2. The average Bonchev–Trinajstić information content (AvgIpc) is 2.66. The number of piperazine rings is 1. The molecule has 1 amide bonds. The lowest BCUT2D eigenvalue weighted by atomic mass is 10.0. The van der Waals surface area contributed by atoms with E-state index < -0.39 is 5.91 Å². The summed E-state index contributed by atoms with van der Waals surface area (Å²) >= 11 is 6.34. The number of carbonyl (C=O) groups excluding carboxylic acids is 1. The first-order chi connectivity index (χ1) is 13.0. The second-order valence-electron chi connectivity index (χ2n) is 7.29. The Morgan fingerprint density at radius 3 is 2.30 bits per heavy atom. The number of hydroxylamine groups is 1. The van der Waals surface area contributed by atoms with Gasteiger partial charge in [-0.25, -0.2) is 5.48 Å². The van der Waals surface area contributed by atoms with Crippen LogP contribution >= 0.6 is 11.6 Å². The standard InChI is InChI=1S/C21H26ClN3O2/c1-15-11-24(13-17-7-9-18(10-8-17)21(26)23-27)12-16(2)25(15)14-19-5-3-4-6-20(19)22/h3-10,15-16,27H,11-14H2,1-2H3,(H,23,26). The molecular formula is C21H26ClN3O2. The van der Waals surface area contributed by atoms with E-state index in [1.165, 1.54) is 5.56 Å². The van der Waals surface area contributed by atoms with E-state index in [1.807, 2.05) is 30.3 Å². The average molecular weight is 388 g/mol. The Balaban J connectivity index is 1.61. The SMILES string of the molecule is CC1CN(Cc2ccc(C(=O)NO)cc2)CC(C)N1Cc1ccccc1Cl. The molecule has 144 valence electrons. The maximum absolute atomic E-state index is 11.4. The van der Waals surface area contributed by atoms with Crippen molar-refractivity contribution in [1.29, 1.82) is 0 Å². The summed E-state index contributed by atoms with van der Waals surface area (Å²) in [4.78, 5) is 16.4. The van der Waals surface area contributed by atoms with Gasteiger partial charge in [0.15, 0.2) is 0 Å². The van der Waals surface area contributed by atoms with Crippen LogP contribution in [0.4, 0.5) is 0 Å². The van der Waals surface area contributed by atoms with Gasteiger partial charge >= 0.3 is 0 Å². The predicted molar refractivity (Wildman–Crippen MR) is 107 cm³/mol. The van der Waals surface area contributed by atoms with Crippen molar-refractivity contribution in [2.45, 2.75) is 39.0 Å². The van der Waals surface area contributed by atoms with Crippen LogP contribution < -0.4 is 5.48 Å². The summed E-state index contributed by atoms with van der Waals surface area (Å²) < 4.78 is 0. The molecule has 2 aromatic carbocycles. The zero-order valence-corrected chi connectivity index (χ0v) is 16.5. The number of carbonyl (C=O) groups is 1. The molecular weight excluding hydrogens is 362 g/mol. The molecule has 1 saturated heterocycles. The Morgan fingerprint density at radius 2 is 1.70 bits per heavy atom. The summed E-state index contributed by atoms with van der Waals surface area (Å²) in [5.41, 5.74) is 4.44. The Labute approximate surface area is 165 Å². The summed E-state index contributed by atoms with van der Waals surface area (Å²) in [6.07, 6.45) is 0. The fraction of sp³-hybridized carbons (Fsp3) is 0.381. The molecule has 1 aliphatic heterocycles. The molecule has 2 aromatic rings. The minimum absolute atomic E-state index is 0.421. The monoisotopic (exact) mass is 387 g/mol. The Bertz CT molecular complexity index is 769. The molecule has 0 radical (unpaired) electrons. The van der Waals surface area contributed by atoms with E-state index in [0.29, 0.717) is 17.6 Å². The van der Waals surface area contributed by atoms with E-state index in [1.54, 1.807) is 17.6 Å². The van der Waals surface area contributed by atoms with Crippen LogP contribution in [0.15, 0.2) is 48.5 Å². The van der Waals surface area contributed by atoms with Crippen LogP contribution in [0.3, 0.4) is 0 Å². The van der Waals surface area contributed by atoms with Crippen LogP contribution in [-0.2, 0) is 13.1 Å². The number of hydrogen-bond acceptors (Lipinski definition) is 4. The van der Waals surface area contributed by atoms with Gasteiger partial charge in [-0.3, -0.25) is 19.8 Å². The van der Waals surface area contributed by atoms with Gasteiger partial charge in [-0.15, -0.1) is 0 Å². The van der Waals surface area contributed by atoms with Crippen molar-refractivity contribution < 1.29 is 10.0 Å². The number of nitrogens with one attached hydrogen (secondary N) is 1. The van der Waals surface area contributed by atoms with Crippen molar-refractivity contribution in [3.05, 3.63) is 70.2 Å². The molecule has 0 aliphatic carbocycles. The molecule has 0 saturated carbocycles. The number of rotatable bonds is 5. The molecule has 1 heterocycles. The van der Waals surface area contributed by atoms with Crippen LogP contribution in [0.1, 0.15) is 35.3 Å². The molecule has 27 heavy (non-hydrogen) atoms. The zero-order chi connectivity index (χ0) is 19.4. The van der Waals surface area contributed by atoms with Crippen LogP contribution in [0.25, 0.3) is 0 Å². The van der Waals surface area contributed by atoms with Gasteiger partial charge in [-0.05, 0) is 43.2 Å². The highest BCUT2D eigenvalue weighted by molar-refractivity contribution is 6.31. The van der Waals surface area contributed by atoms with E-state index in [0.717, 1.165) is 36.8 Å². The number of amides is 1. The van der Waals surface area contributed by atoms with Gasteiger partial charge in [0.1, 0.15) is 0 Å². The third-order valence-electron chi connectivity index (χ3n) is 5.21. The predicted octanol–water partition coefficient (Wildman–Crippen LogP) is 3.55. The molecule has 1 fully saturated rings. The Kier molecular flexibility index (Phi) is 6.50. The highest BCUT2D eigenvalue weighted by Gasteiger charge is 2.29. The van der Waals surface area contributed by atoms with Crippen LogP contribution in [0.5, 0.6) is 0 Å². The van der Waals surface area contributed by atoms with E-state index in [-0.39, 0.29) is 0 Å². The first-order valence-electron chi connectivity index (χ1n) is 9.23. The van der Waals surface area contributed by atoms with Crippen molar-refractivity contribution in [3.63, 3.8) is 0 Å². The summed E-state index contributed by atoms with van der Waals surface area (Å²) in [5, 5.41) is 9.53. The summed E-state index contributed by atoms with van der Waals surface area (Å²) in [7, 11) is 0. The third kappa shape index (κ3) is 4.87. The molecule has 0 bridgehead atoms. The van der Waals surface area contributed by atoms with E-state index in [2.05, 4.69) is 29.7 Å². The first kappa shape index (κ1) is 19.8. The second-order valence-corrected chi connectivity index (χ2v) is 7.70. The lowest BCUT2D eigenvalue weighted by Crippen LogP contribution is -2.55. The normalized spacial score (nSPS) is 21.2. The molecule has 2 N–H and O–H groups in total. The summed E-state index contributed by atoms with van der Waals surface area (Å²) in [5.74, 6) is -0.489. The third-order valence-corrected chi connectivity index (χ3v) is 5.58. The van der Waals surface area contributed by atoms with Crippen LogP contribution in [0.2, 0.25) is 5.02 Å². The van der Waals surface area contributed by atoms with Crippen molar-refractivity contribution in [2.75, 3.05) is 13.1 Å². The molecule has 1 aliphatic rings. The molecule has 0 spiro atoms. The van der Waals surface area contributed by atoms with E-state index in [4.69, 9.17) is 16.8 Å². The van der Waals surface area contributed by atoms with Gasteiger partial charge < -0.3 is 0 Å². The smallest absolute Gasteiger partial charge is 0.274 e. The van der Waals surface area contributed by atoms with Gasteiger partial charge in [0.25, 0.3) is 5.91 Å². The van der Waals surface area contributed by atoms with Crippen LogP contribution in [-0.4, -0.2) is 46.1 Å². The van der Waals surface area contributed by atoms with Crippen molar-refractivity contribution in [1.82, 2.24) is 15.3 Å². The van der Waals surface area contributed by atoms with Gasteiger partial charge in [0.05, 0.1) is 0 Å². The van der Waals surface area contributed by atoms with Crippen molar-refractivity contribution in [3.8, 4) is 0 Å². The van der Waals surface area contributed by atoms with Gasteiger partial charge in [-0.1, -0.05) is 41.9 Å². The topological polar surface area (TPSA) is 55.8 Å². The van der Waals surface area contributed by atoms with E-state index >= 15 is 0 Å². The molecule has 2 unspecified atom stereocenters. The van der Waals surface area contributed by atoms with Gasteiger partial charge in [0.2, 0.25) is 0 Å². The maximum atomic E-state index is 11.4. The largest absolute Gasteiger partial charge is 0.296 e. The molecule has 5 nitrogen and oxygen atoms in total. The lowest BCUT2D eigenvalue weighted by Gasteiger charge is -2.44. The first-order valence-corrected chi connectivity index (χ1v) is 9.60. The minimum atomic E-state index is -0.489. The van der Waals surface area contributed by atoms with Gasteiger partial charge in [-0.2, -0.15) is 0 Å². The Hall–Kier alpha value is -1.92. The quantitative estimate of drug-likeness (QED) is 0.608. The van der Waals surface area contributed by atoms with Crippen molar-refractivity contribution in [2.24, 2.45) is 0 Å². The fourth-order valence-electron chi connectivity index (χ4n) is 3.81. The zero-order valence-electron chi connectivity index (χ0n) is 15.7. The van der Waals surface area contributed by atoms with Crippen LogP contribution in [0, 0.1) is 0 Å². The van der Waals surface area contributed by atoms with Crippen molar-refractivity contribution >= 4 is 17.5 Å². The molecule has 2 atom stereocenters. The number of hydrogen-bond donors (Lipinski definition) is 2. The summed E-state index contributed by atoms with van der Waals surface area (Å²) in [6, 6.07) is 16.2. The lowest BCUT2D eigenvalue weighted by molar-refractivity contribution is 0.0290. The van der Waals surface area contributed by atoms with E-state index in [9.17, 15) is 4.79 Å². The fourth-order valence-corrected chi connectivity index (χ4v) is 4.01. The highest BCUT2D eigenvalue weighted by atomic mass is 35.5. The Morgan fingerprint density at radius 1 is 1.07 bits per heavy atom. The number of benzene rings is 2. The van der Waals surface area contributed by atoms with Gasteiger partial charge in [0, 0.05) is 48.8 Å². The minimum Gasteiger partial charge on any atom is -0.296 e. The molecule has 3 rings (SSSR count). The summed E-state index contributed by atoms with van der Waals surface area (Å²) in [6.45, 7) is 8.18. The number of halogens is 1. The molecule has 0 aromatic heterocycles. The molecule has 6 heteroatoms. The second kappa shape index (κ2) is 8.85. The highest BCUT2D eigenvalue weighted by Crippen LogP contribution is 2.24.